The average Bonchev–Trinajstić information content (AvgIpc) is 0.995. The molecule has 0 amide bonds. The van der Waals surface area contributed by atoms with Gasteiger partial charge in [0.05, 0.1) is 27.8 Å². The van der Waals surface area contributed by atoms with Crippen LogP contribution in [-0.4, -0.2) is 15.8 Å². The van der Waals surface area contributed by atoms with Crippen molar-refractivity contribution >= 4 is 83.8 Å². The van der Waals surface area contributed by atoms with Crippen LogP contribution in [0.5, 0.6) is 0 Å². The fraction of sp³-hybridized carbons (Fsp3) is 0.103. The molecule has 4 heteroatoms. The zero-order chi connectivity index (χ0) is 61.3. The van der Waals surface area contributed by atoms with Gasteiger partial charge in [-0.1, -0.05) is 290 Å². The normalized spacial score (nSPS) is 13.7. The van der Waals surface area contributed by atoms with Crippen molar-refractivity contribution in [3.8, 4) is 55.9 Å². The minimum atomic E-state index is -0.185. The Kier molecular flexibility index (Phi) is 12.6. The average molecular weight is 1170 g/mol. The number of benzene rings is 13. The molecular formula is C87H68BN3. The molecule has 434 valence electrons. The van der Waals surface area contributed by atoms with Gasteiger partial charge >= 0.3 is 0 Å². The van der Waals surface area contributed by atoms with Gasteiger partial charge in [-0.2, -0.15) is 0 Å². The third-order valence-electron chi connectivity index (χ3n) is 19.8. The van der Waals surface area contributed by atoms with E-state index in [9.17, 15) is 0 Å². The monoisotopic (exact) mass is 1170 g/mol. The molecule has 0 saturated heterocycles. The van der Waals surface area contributed by atoms with Gasteiger partial charge in [-0.25, -0.2) is 0 Å². The first kappa shape index (κ1) is 54.5. The second-order valence-electron chi connectivity index (χ2n) is 27.1. The Morgan fingerprint density at radius 3 is 1.32 bits per heavy atom. The summed E-state index contributed by atoms with van der Waals surface area (Å²) in [5.74, 6) is -0.133. The van der Waals surface area contributed by atoms with Gasteiger partial charge in [-0.15, -0.1) is 0 Å². The van der Waals surface area contributed by atoms with Crippen LogP contribution in [0.3, 0.4) is 0 Å². The second kappa shape index (κ2) is 21.0. The van der Waals surface area contributed by atoms with E-state index in [1.807, 2.05) is 0 Å². The standard InChI is InChI=1S/C87H68BN3/c1-86(2,3)73-44-20-15-33-63(73)62-32-13-14-38-68(62)82-71-52-50-58(89-77-46-22-18-36-66(77)69-41-25-39-60(84(69)89)56-28-9-7-10-29-56)54-75(71)88-76-55-59(90-78-47-23-19-37-67(78)70-42-26-40-61(85(70)90)57-30-11-8-12-31-57)51-53-80(76)91(81-49-27-43-72(82)83(81)88)79-48-24-17-35-65(79)64-34-16-21-45-74(64)87(4,5)6/h7-55,82H,1-6H3. The maximum Gasteiger partial charge on any atom is 0.247 e. The highest BCUT2D eigenvalue weighted by Crippen LogP contribution is 2.50. The second-order valence-corrected chi connectivity index (χ2v) is 27.1. The van der Waals surface area contributed by atoms with E-state index in [0.717, 1.165) is 17.1 Å². The van der Waals surface area contributed by atoms with Crippen LogP contribution in [0.25, 0.3) is 99.5 Å². The van der Waals surface area contributed by atoms with Crippen LogP contribution in [0.15, 0.2) is 297 Å². The van der Waals surface area contributed by atoms with Crippen LogP contribution in [-0.2, 0) is 10.8 Å². The van der Waals surface area contributed by atoms with Gasteiger partial charge in [0.25, 0.3) is 0 Å². The molecule has 0 aliphatic carbocycles. The molecule has 2 aliphatic heterocycles. The zero-order valence-corrected chi connectivity index (χ0v) is 52.3. The maximum atomic E-state index is 2.64. The molecule has 15 aromatic rings. The topological polar surface area (TPSA) is 13.1 Å². The highest BCUT2D eigenvalue weighted by molar-refractivity contribution is 6.99. The lowest BCUT2D eigenvalue weighted by Gasteiger charge is -2.44. The van der Waals surface area contributed by atoms with Crippen molar-refractivity contribution in [1.82, 2.24) is 9.13 Å². The summed E-state index contributed by atoms with van der Waals surface area (Å²) in [7, 11) is 0. The number of rotatable bonds is 8. The molecule has 0 radical (unpaired) electrons. The molecule has 2 aliphatic rings. The summed E-state index contributed by atoms with van der Waals surface area (Å²) < 4.78 is 5.12. The summed E-state index contributed by atoms with van der Waals surface area (Å²) in [6, 6.07) is 112. The molecule has 0 saturated carbocycles. The SMILES string of the molecule is CC(C)(C)c1ccccc1-c1ccccc1C1c2ccc(-n3c4ccccc4c4cccc(-c5ccccc5)c43)cc2B2c3cc(-n4c5ccccc5c5cccc(-c6ccccc6)c54)ccc3N(c3ccccc3-c3ccccc3C(C)(C)C)c3cccc1c32. The number of fused-ring (bicyclic) bond motifs is 10. The van der Waals surface area contributed by atoms with Crippen molar-refractivity contribution < 1.29 is 0 Å². The highest BCUT2D eigenvalue weighted by Gasteiger charge is 2.45. The molecule has 1 unspecified atom stereocenters. The Hall–Kier alpha value is -10.7. The summed E-state index contributed by atoms with van der Waals surface area (Å²) in [6.07, 6.45) is 0. The van der Waals surface area contributed by atoms with Gasteiger partial charge in [0.2, 0.25) is 6.71 Å². The number of aromatic nitrogens is 2. The molecule has 13 aromatic carbocycles. The molecule has 3 nitrogen and oxygen atoms in total. The first-order valence-electron chi connectivity index (χ1n) is 32.2. The number of para-hydroxylation sites is 5. The molecule has 1 atom stereocenters. The number of anilines is 3. The molecule has 2 aromatic heterocycles. The summed E-state index contributed by atoms with van der Waals surface area (Å²) >= 11 is 0. The Balaban J connectivity index is 1.01. The largest absolute Gasteiger partial charge is 0.311 e. The van der Waals surface area contributed by atoms with Gasteiger partial charge in [-0.05, 0) is 132 Å². The fourth-order valence-corrected chi connectivity index (χ4v) is 15.9. The Labute approximate surface area is 533 Å². The number of hydrogen-bond donors (Lipinski definition) is 0. The summed E-state index contributed by atoms with van der Waals surface area (Å²) in [4.78, 5) is 2.64. The zero-order valence-electron chi connectivity index (χ0n) is 52.3. The van der Waals surface area contributed by atoms with Crippen LogP contribution in [0.4, 0.5) is 17.1 Å². The van der Waals surface area contributed by atoms with E-state index in [1.54, 1.807) is 0 Å². The van der Waals surface area contributed by atoms with Crippen LogP contribution in [0.2, 0.25) is 0 Å². The summed E-state index contributed by atoms with van der Waals surface area (Å²) in [5.41, 5.74) is 30.6. The predicted molar refractivity (Wildman–Crippen MR) is 387 cm³/mol. The van der Waals surface area contributed by atoms with Crippen molar-refractivity contribution in [2.45, 2.75) is 58.3 Å². The lowest BCUT2D eigenvalue weighted by molar-refractivity contribution is 0.591. The molecule has 0 bridgehead atoms. The first-order chi connectivity index (χ1) is 44.5. The van der Waals surface area contributed by atoms with Gasteiger partial charge < -0.3 is 14.0 Å². The molecule has 91 heavy (non-hydrogen) atoms. The first-order valence-corrected chi connectivity index (χ1v) is 32.2. The Morgan fingerprint density at radius 2 is 0.725 bits per heavy atom. The van der Waals surface area contributed by atoms with E-state index in [1.165, 1.54) is 144 Å². The van der Waals surface area contributed by atoms with Crippen molar-refractivity contribution in [1.29, 1.82) is 0 Å². The number of nitrogens with zero attached hydrogens (tertiary/aromatic N) is 3. The molecule has 0 N–H and O–H groups in total. The van der Waals surface area contributed by atoms with Gasteiger partial charge in [0.15, 0.2) is 0 Å². The van der Waals surface area contributed by atoms with Crippen LogP contribution in [0, 0.1) is 0 Å². The van der Waals surface area contributed by atoms with Crippen molar-refractivity contribution in [2.75, 3.05) is 4.90 Å². The smallest absolute Gasteiger partial charge is 0.247 e. The van der Waals surface area contributed by atoms with E-state index >= 15 is 0 Å². The van der Waals surface area contributed by atoms with Crippen LogP contribution >= 0.6 is 0 Å². The molecule has 0 spiro atoms. The molecule has 0 fully saturated rings. The minimum absolute atomic E-state index is 0.0971. The number of hydrogen-bond acceptors (Lipinski definition) is 1. The third-order valence-corrected chi connectivity index (χ3v) is 19.8. The van der Waals surface area contributed by atoms with Crippen LogP contribution < -0.4 is 21.3 Å². The van der Waals surface area contributed by atoms with E-state index in [0.29, 0.717) is 0 Å². The van der Waals surface area contributed by atoms with E-state index in [-0.39, 0.29) is 23.5 Å². The van der Waals surface area contributed by atoms with Gasteiger partial charge in [-0.3, -0.25) is 0 Å². The van der Waals surface area contributed by atoms with E-state index in [4.69, 9.17) is 0 Å². The highest BCUT2D eigenvalue weighted by atomic mass is 15.2. The summed E-state index contributed by atoms with van der Waals surface area (Å²) in [5, 5.41) is 4.94. The fourth-order valence-electron chi connectivity index (χ4n) is 15.9. The lowest BCUT2D eigenvalue weighted by Crippen LogP contribution is -2.62. The molecular weight excluding hydrogens is 1100 g/mol. The lowest BCUT2D eigenvalue weighted by atomic mass is 9.31. The third kappa shape index (κ3) is 8.56. The molecule has 4 heterocycles. The summed E-state index contributed by atoms with van der Waals surface area (Å²) in [6.45, 7) is 13.9. The van der Waals surface area contributed by atoms with Gasteiger partial charge in [0, 0.05) is 66.9 Å². The van der Waals surface area contributed by atoms with Gasteiger partial charge in [0.1, 0.15) is 0 Å². The Morgan fingerprint density at radius 1 is 0.297 bits per heavy atom. The van der Waals surface area contributed by atoms with Crippen molar-refractivity contribution in [3.05, 3.63) is 325 Å². The van der Waals surface area contributed by atoms with E-state index in [2.05, 4.69) is 353 Å². The maximum absolute atomic E-state index is 2.64. The Bertz CT molecular complexity index is 5070. The van der Waals surface area contributed by atoms with E-state index < -0.39 is 0 Å². The van der Waals surface area contributed by atoms with Crippen molar-refractivity contribution in [3.63, 3.8) is 0 Å². The van der Waals surface area contributed by atoms with Crippen molar-refractivity contribution in [2.24, 2.45) is 0 Å². The van der Waals surface area contributed by atoms with Crippen LogP contribution in [0.1, 0.15) is 75.3 Å². The minimum Gasteiger partial charge on any atom is -0.311 e. The molecule has 17 rings (SSSR count). The quantitative estimate of drug-likeness (QED) is 0.138. The predicted octanol–water partition coefficient (Wildman–Crippen LogP) is 20.9.